The SMILES string of the molecule is CCN(CC)S(=O)(=O)c1cccc(C(=O)NNC(=O)/C=C/c2ccc(Br)cc2)c1. The van der Waals surface area contributed by atoms with Gasteiger partial charge in [0, 0.05) is 29.2 Å². The van der Waals surface area contributed by atoms with Crippen LogP contribution in [0.3, 0.4) is 0 Å². The number of amides is 2. The molecule has 0 heterocycles. The zero-order chi connectivity index (χ0) is 21.4. The number of nitrogens with one attached hydrogen (secondary N) is 2. The van der Waals surface area contributed by atoms with Gasteiger partial charge in [-0.2, -0.15) is 4.31 Å². The van der Waals surface area contributed by atoms with E-state index in [2.05, 4.69) is 26.8 Å². The van der Waals surface area contributed by atoms with Gasteiger partial charge in [0.25, 0.3) is 11.8 Å². The predicted octanol–water partition coefficient (Wildman–Crippen LogP) is 2.95. The van der Waals surface area contributed by atoms with Crippen LogP contribution in [0.5, 0.6) is 0 Å². The monoisotopic (exact) mass is 479 g/mol. The molecular weight excluding hydrogens is 458 g/mol. The molecule has 2 N–H and O–H groups in total. The average Bonchev–Trinajstić information content (AvgIpc) is 2.72. The minimum atomic E-state index is -3.68. The minimum Gasteiger partial charge on any atom is -0.268 e. The first-order valence-electron chi connectivity index (χ1n) is 8.92. The van der Waals surface area contributed by atoms with Gasteiger partial charge in [-0.1, -0.05) is 48.0 Å². The minimum absolute atomic E-state index is 0.0234. The number of carbonyl (C=O) groups is 2. The summed E-state index contributed by atoms with van der Waals surface area (Å²) in [5, 5.41) is 0. The maximum absolute atomic E-state index is 12.6. The number of sulfonamides is 1. The maximum Gasteiger partial charge on any atom is 0.269 e. The van der Waals surface area contributed by atoms with Crippen LogP contribution in [0.4, 0.5) is 0 Å². The highest BCUT2D eigenvalue weighted by atomic mass is 79.9. The number of rotatable bonds is 7. The molecular formula is C20H22BrN3O4S. The molecule has 0 aromatic heterocycles. The van der Waals surface area contributed by atoms with Crippen molar-refractivity contribution < 1.29 is 18.0 Å². The van der Waals surface area contributed by atoms with E-state index in [1.807, 2.05) is 24.3 Å². The van der Waals surface area contributed by atoms with Gasteiger partial charge in [-0.05, 0) is 42.0 Å². The Hall–Kier alpha value is -2.49. The molecule has 2 aromatic rings. The molecule has 0 radical (unpaired) electrons. The maximum atomic E-state index is 12.6. The van der Waals surface area contributed by atoms with E-state index in [4.69, 9.17) is 0 Å². The molecule has 0 saturated heterocycles. The Labute approximate surface area is 178 Å². The Kier molecular flexibility index (Phi) is 8.12. The summed E-state index contributed by atoms with van der Waals surface area (Å²) in [5.41, 5.74) is 5.49. The predicted molar refractivity (Wildman–Crippen MR) is 115 cm³/mol. The molecule has 0 unspecified atom stereocenters. The van der Waals surface area contributed by atoms with Gasteiger partial charge in [0.1, 0.15) is 0 Å². The number of hydrazine groups is 1. The van der Waals surface area contributed by atoms with Crippen LogP contribution in [0.1, 0.15) is 29.8 Å². The van der Waals surface area contributed by atoms with Gasteiger partial charge in [-0.15, -0.1) is 0 Å². The zero-order valence-corrected chi connectivity index (χ0v) is 18.5. The highest BCUT2D eigenvalue weighted by Gasteiger charge is 2.22. The van der Waals surface area contributed by atoms with Crippen molar-refractivity contribution in [2.75, 3.05) is 13.1 Å². The molecule has 0 fully saturated rings. The van der Waals surface area contributed by atoms with Gasteiger partial charge in [-0.25, -0.2) is 8.42 Å². The van der Waals surface area contributed by atoms with Crippen LogP contribution in [-0.2, 0) is 14.8 Å². The molecule has 2 rings (SSSR count). The van der Waals surface area contributed by atoms with E-state index in [0.717, 1.165) is 10.0 Å². The molecule has 0 aliphatic carbocycles. The summed E-state index contributed by atoms with van der Waals surface area (Å²) in [6.07, 6.45) is 2.88. The average molecular weight is 480 g/mol. The van der Waals surface area contributed by atoms with Gasteiger partial charge in [0.2, 0.25) is 10.0 Å². The van der Waals surface area contributed by atoms with Gasteiger partial charge in [0.05, 0.1) is 4.90 Å². The number of nitrogens with zero attached hydrogens (tertiary/aromatic N) is 1. The number of benzene rings is 2. The Balaban J connectivity index is 2.02. The first kappa shape index (κ1) is 22.8. The molecule has 154 valence electrons. The molecule has 29 heavy (non-hydrogen) atoms. The van der Waals surface area contributed by atoms with E-state index in [9.17, 15) is 18.0 Å². The smallest absolute Gasteiger partial charge is 0.268 e. The molecule has 0 atom stereocenters. The quantitative estimate of drug-likeness (QED) is 0.471. The Morgan fingerprint density at radius 2 is 1.69 bits per heavy atom. The van der Waals surface area contributed by atoms with Gasteiger partial charge < -0.3 is 0 Å². The molecule has 2 amide bonds. The summed E-state index contributed by atoms with van der Waals surface area (Å²) in [6.45, 7) is 4.15. The van der Waals surface area contributed by atoms with Crippen LogP contribution in [0.15, 0.2) is 64.0 Å². The van der Waals surface area contributed by atoms with Crippen molar-refractivity contribution in [1.82, 2.24) is 15.2 Å². The number of carbonyl (C=O) groups excluding carboxylic acids is 2. The lowest BCUT2D eigenvalue weighted by Gasteiger charge is -2.18. The third-order valence-electron chi connectivity index (χ3n) is 4.04. The Bertz CT molecular complexity index is 1000. The van der Waals surface area contributed by atoms with Crippen molar-refractivity contribution >= 4 is 43.8 Å². The van der Waals surface area contributed by atoms with Crippen LogP contribution < -0.4 is 10.9 Å². The standard InChI is InChI=1S/C20H22BrN3O4S/c1-3-24(4-2)29(27,28)18-7-5-6-16(14-18)20(26)23-22-19(25)13-10-15-8-11-17(21)12-9-15/h5-14H,3-4H2,1-2H3,(H,22,25)(H,23,26)/b13-10+. The zero-order valence-electron chi connectivity index (χ0n) is 16.1. The molecule has 0 saturated carbocycles. The van der Waals surface area contributed by atoms with E-state index < -0.39 is 21.8 Å². The van der Waals surface area contributed by atoms with Crippen molar-refractivity contribution in [2.24, 2.45) is 0 Å². The fourth-order valence-corrected chi connectivity index (χ4v) is 4.26. The lowest BCUT2D eigenvalue weighted by atomic mass is 10.2. The Morgan fingerprint density at radius 3 is 2.31 bits per heavy atom. The van der Waals surface area contributed by atoms with E-state index in [1.165, 1.54) is 34.6 Å². The molecule has 0 bridgehead atoms. The van der Waals surface area contributed by atoms with Gasteiger partial charge in [-0.3, -0.25) is 20.4 Å². The summed E-state index contributed by atoms with van der Waals surface area (Å²) in [4.78, 5) is 24.2. The highest BCUT2D eigenvalue weighted by Crippen LogP contribution is 2.17. The van der Waals surface area contributed by atoms with Crippen LogP contribution in [-0.4, -0.2) is 37.6 Å². The van der Waals surface area contributed by atoms with E-state index in [1.54, 1.807) is 19.9 Å². The fourth-order valence-electron chi connectivity index (χ4n) is 2.49. The van der Waals surface area contributed by atoms with Crippen molar-refractivity contribution in [3.8, 4) is 0 Å². The van der Waals surface area contributed by atoms with Crippen molar-refractivity contribution in [1.29, 1.82) is 0 Å². The first-order chi connectivity index (χ1) is 13.8. The van der Waals surface area contributed by atoms with E-state index >= 15 is 0 Å². The summed E-state index contributed by atoms with van der Waals surface area (Å²) < 4.78 is 27.4. The second-order valence-electron chi connectivity index (χ2n) is 5.95. The van der Waals surface area contributed by atoms with Crippen molar-refractivity contribution in [3.05, 3.63) is 70.2 Å². The van der Waals surface area contributed by atoms with Gasteiger partial charge >= 0.3 is 0 Å². The van der Waals surface area contributed by atoms with Crippen molar-refractivity contribution in [2.45, 2.75) is 18.7 Å². The summed E-state index contributed by atoms with van der Waals surface area (Å²) in [6, 6.07) is 13.0. The number of hydrogen-bond donors (Lipinski definition) is 2. The molecule has 2 aromatic carbocycles. The summed E-state index contributed by atoms with van der Waals surface area (Å²) in [5.74, 6) is -1.14. The summed E-state index contributed by atoms with van der Waals surface area (Å²) >= 11 is 3.33. The largest absolute Gasteiger partial charge is 0.269 e. The highest BCUT2D eigenvalue weighted by molar-refractivity contribution is 9.10. The number of halogens is 1. The van der Waals surface area contributed by atoms with E-state index in [-0.39, 0.29) is 10.5 Å². The lowest BCUT2D eigenvalue weighted by molar-refractivity contribution is -0.117. The third-order valence-corrected chi connectivity index (χ3v) is 6.61. The Morgan fingerprint density at radius 1 is 1.03 bits per heavy atom. The third kappa shape index (κ3) is 6.25. The fraction of sp³-hybridized carbons (Fsp3) is 0.200. The summed E-state index contributed by atoms with van der Waals surface area (Å²) in [7, 11) is -3.68. The molecule has 7 nitrogen and oxygen atoms in total. The van der Waals surface area contributed by atoms with Crippen LogP contribution in [0.25, 0.3) is 6.08 Å². The second kappa shape index (κ2) is 10.3. The molecule has 0 aliphatic heterocycles. The topological polar surface area (TPSA) is 95.6 Å². The molecule has 0 aliphatic rings. The lowest BCUT2D eigenvalue weighted by Crippen LogP contribution is -2.40. The molecule has 9 heteroatoms. The van der Waals surface area contributed by atoms with Gasteiger partial charge in [0.15, 0.2) is 0 Å². The molecule has 0 spiro atoms. The van der Waals surface area contributed by atoms with Crippen LogP contribution in [0, 0.1) is 0 Å². The first-order valence-corrected chi connectivity index (χ1v) is 11.2. The van der Waals surface area contributed by atoms with Crippen molar-refractivity contribution in [3.63, 3.8) is 0 Å². The van der Waals surface area contributed by atoms with Crippen LogP contribution >= 0.6 is 15.9 Å². The van der Waals surface area contributed by atoms with Crippen LogP contribution in [0.2, 0.25) is 0 Å². The number of hydrogen-bond acceptors (Lipinski definition) is 4. The second-order valence-corrected chi connectivity index (χ2v) is 8.80. The van der Waals surface area contributed by atoms with E-state index in [0.29, 0.717) is 13.1 Å². The normalized spacial score (nSPS) is 11.6.